The van der Waals surface area contributed by atoms with Crippen LogP contribution in [0.15, 0.2) is 24.4 Å². The molecule has 2 nitrogen and oxygen atoms in total. The highest BCUT2D eigenvalue weighted by Gasteiger charge is 2.10. The third-order valence-corrected chi connectivity index (χ3v) is 2.46. The van der Waals surface area contributed by atoms with Gasteiger partial charge in [0, 0.05) is 24.2 Å². The molecule has 0 aromatic carbocycles. The van der Waals surface area contributed by atoms with Gasteiger partial charge in [0.15, 0.2) is 0 Å². The van der Waals surface area contributed by atoms with Crippen LogP contribution < -0.4 is 0 Å². The lowest BCUT2D eigenvalue weighted by atomic mass is 9.98. The summed E-state index contributed by atoms with van der Waals surface area (Å²) < 4.78 is 0. The Bertz CT molecular complexity index is 282. The third kappa shape index (κ3) is 3.29. The largest absolute Gasteiger partial charge is 0.299 e. The van der Waals surface area contributed by atoms with E-state index in [4.69, 9.17) is 0 Å². The quantitative estimate of drug-likeness (QED) is 0.716. The Balaban J connectivity index is 2.38. The zero-order chi connectivity index (χ0) is 10.4. The summed E-state index contributed by atoms with van der Waals surface area (Å²) >= 11 is 0. The van der Waals surface area contributed by atoms with Gasteiger partial charge in [-0.2, -0.15) is 0 Å². The summed E-state index contributed by atoms with van der Waals surface area (Å²) in [7, 11) is 0. The van der Waals surface area contributed by atoms with E-state index in [1.54, 1.807) is 6.20 Å². The number of hydrogen-bond donors (Lipinski definition) is 0. The van der Waals surface area contributed by atoms with Gasteiger partial charge in [0.25, 0.3) is 0 Å². The molecule has 0 aliphatic rings. The summed E-state index contributed by atoms with van der Waals surface area (Å²) in [6.45, 7) is 3.91. The van der Waals surface area contributed by atoms with Gasteiger partial charge in [-0.05, 0) is 25.0 Å². The summed E-state index contributed by atoms with van der Waals surface area (Å²) in [5.41, 5.74) is 1.07. The van der Waals surface area contributed by atoms with Gasteiger partial charge in [0.1, 0.15) is 5.78 Å². The van der Waals surface area contributed by atoms with E-state index >= 15 is 0 Å². The number of aryl methyl sites for hydroxylation is 1. The van der Waals surface area contributed by atoms with Crippen molar-refractivity contribution >= 4 is 5.78 Å². The summed E-state index contributed by atoms with van der Waals surface area (Å²) in [5.74, 6) is 0.517. The van der Waals surface area contributed by atoms with Crippen LogP contribution in [0.1, 0.15) is 32.4 Å². The zero-order valence-corrected chi connectivity index (χ0v) is 8.86. The lowest BCUT2D eigenvalue weighted by Crippen LogP contribution is -2.10. The minimum Gasteiger partial charge on any atom is -0.299 e. The molecule has 1 heterocycles. The fourth-order valence-corrected chi connectivity index (χ4v) is 1.42. The van der Waals surface area contributed by atoms with Crippen molar-refractivity contribution in [1.82, 2.24) is 4.98 Å². The number of pyridine rings is 1. The van der Waals surface area contributed by atoms with Crippen LogP contribution in [0.5, 0.6) is 0 Å². The molecule has 0 spiro atoms. The number of rotatable bonds is 5. The Morgan fingerprint density at radius 3 is 2.86 bits per heavy atom. The van der Waals surface area contributed by atoms with Crippen molar-refractivity contribution in [2.24, 2.45) is 5.92 Å². The Morgan fingerprint density at radius 2 is 2.29 bits per heavy atom. The molecule has 0 aliphatic carbocycles. The van der Waals surface area contributed by atoms with Gasteiger partial charge in [0.2, 0.25) is 0 Å². The van der Waals surface area contributed by atoms with Crippen molar-refractivity contribution in [3.63, 3.8) is 0 Å². The van der Waals surface area contributed by atoms with Crippen molar-refractivity contribution < 1.29 is 4.79 Å². The summed E-state index contributed by atoms with van der Waals surface area (Å²) in [4.78, 5) is 15.5. The molecular formula is C12H17NO. The normalized spacial score (nSPS) is 12.4. The molecule has 0 saturated carbocycles. The molecule has 0 N–H and O–H groups in total. The molecule has 14 heavy (non-hydrogen) atoms. The molecular weight excluding hydrogens is 174 g/mol. The summed E-state index contributed by atoms with van der Waals surface area (Å²) in [6, 6.07) is 5.89. The molecule has 76 valence electrons. The highest BCUT2D eigenvalue weighted by atomic mass is 16.1. The van der Waals surface area contributed by atoms with Gasteiger partial charge >= 0.3 is 0 Å². The van der Waals surface area contributed by atoms with E-state index in [0.29, 0.717) is 12.2 Å². The predicted molar refractivity (Wildman–Crippen MR) is 57.0 cm³/mol. The first kappa shape index (κ1) is 10.9. The molecule has 1 rings (SSSR count). The number of carbonyl (C=O) groups is 1. The van der Waals surface area contributed by atoms with E-state index < -0.39 is 0 Å². The fraction of sp³-hybridized carbons (Fsp3) is 0.500. The SMILES string of the molecule is CCC(=O)C(C)CCc1ccccn1. The van der Waals surface area contributed by atoms with Crippen LogP contribution in [0, 0.1) is 5.92 Å². The number of nitrogens with zero attached hydrogens (tertiary/aromatic N) is 1. The van der Waals surface area contributed by atoms with Crippen molar-refractivity contribution in [2.75, 3.05) is 0 Å². The Morgan fingerprint density at radius 1 is 1.50 bits per heavy atom. The summed E-state index contributed by atoms with van der Waals surface area (Å²) in [6.07, 6.45) is 4.24. The lowest BCUT2D eigenvalue weighted by molar-refractivity contribution is -0.122. The van der Waals surface area contributed by atoms with Crippen LogP contribution in [0.2, 0.25) is 0 Å². The highest BCUT2D eigenvalue weighted by molar-refractivity contribution is 5.80. The first-order valence-corrected chi connectivity index (χ1v) is 5.16. The minimum atomic E-state index is 0.169. The van der Waals surface area contributed by atoms with Crippen LogP contribution >= 0.6 is 0 Å². The van der Waals surface area contributed by atoms with Crippen molar-refractivity contribution in [3.8, 4) is 0 Å². The Kier molecular flexibility index (Phi) is 4.30. The monoisotopic (exact) mass is 191 g/mol. The molecule has 0 radical (unpaired) electrons. The molecule has 0 fully saturated rings. The Labute approximate surface area is 85.4 Å². The van der Waals surface area contributed by atoms with Crippen LogP contribution in [0.3, 0.4) is 0 Å². The zero-order valence-electron chi connectivity index (χ0n) is 8.86. The maximum Gasteiger partial charge on any atom is 0.135 e. The van der Waals surface area contributed by atoms with E-state index in [9.17, 15) is 4.79 Å². The number of ketones is 1. The van der Waals surface area contributed by atoms with E-state index in [-0.39, 0.29) is 5.92 Å². The minimum absolute atomic E-state index is 0.169. The maximum absolute atomic E-state index is 11.3. The molecule has 1 atom stereocenters. The average molecular weight is 191 g/mol. The van der Waals surface area contributed by atoms with Crippen LogP contribution in [-0.2, 0) is 11.2 Å². The molecule has 0 bridgehead atoms. The number of aromatic nitrogens is 1. The van der Waals surface area contributed by atoms with Gasteiger partial charge in [-0.3, -0.25) is 9.78 Å². The highest BCUT2D eigenvalue weighted by Crippen LogP contribution is 2.09. The fourth-order valence-electron chi connectivity index (χ4n) is 1.42. The van der Waals surface area contributed by atoms with Crippen molar-refractivity contribution in [3.05, 3.63) is 30.1 Å². The topological polar surface area (TPSA) is 30.0 Å². The van der Waals surface area contributed by atoms with Crippen molar-refractivity contribution in [1.29, 1.82) is 0 Å². The van der Waals surface area contributed by atoms with Gasteiger partial charge in [-0.1, -0.05) is 19.9 Å². The van der Waals surface area contributed by atoms with E-state index in [1.807, 2.05) is 32.0 Å². The second-order valence-corrected chi connectivity index (χ2v) is 3.58. The maximum atomic E-state index is 11.3. The van der Waals surface area contributed by atoms with Crippen LogP contribution in [0.25, 0.3) is 0 Å². The number of carbonyl (C=O) groups excluding carboxylic acids is 1. The van der Waals surface area contributed by atoms with E-state index in [2.05, 4.69) is 4.98 Å². The molecule has 0 saturated heterocycles. The first-order valence-electron chi connectivity index (χ1n) is 5.16. The second-order valence-electron chi connectivity index (χ2n) is 3.58. The predicted octanol–water partition coefficient (Wildman–Crippen LogP) is 2.63. The lowest BCUT2D eigenvalue weighted by Gasteiger charge is -2.07. The van der Waals surface area contributed by atoms with Gasteiger partial charge in [-0.15, -0.1) is 0 Å². The molecule has 0 aliphatic heterocycles. The smallest absolute Gasteiger partial charge is 0.135 e. The van der Waals surface area contributed by atoms with Crippen molar-refractivity contribution in [2.45, 2.75) is 33.1 Å². The molecule has 1 unspecified atom stereocenters. The molecule has 2 heteroatoms. The third-order valence-electron chi connectivity index (χ3n) is 2.46. The van der Waals surface area contributed by atoms with E-state index in [1.165, 1.54) is 0 Å². The molecule has 1 aromatic heterocycles. The standard InChI is InChI=1S/C12H17NO/c1-3-12(14)10(2)7-8-11-6-4-5-9-13-11/h4-6,9-10H,3,7-8H2,1-2H3. The Hall–Kier alpha value is -1.18. The van der Waals surface area contributed by atoms with E-state index in [0.717, 1.165) is 18.5 Å². The number of Topliss-reactive ketones (excluding diaryl/α,β-unsaturated/α-hetero) is 1. The molecule has 1 aromatic rings. The number of hydrogen-bond acceptors (Lipinski definition) is 2. The second kappa shape index (κ2) is 5.53. The molecule has 0 amide bonds. The first-order chi connectivity index (χ1) is 6.74. The van der Waals surface area contributed by atoms with Gasteiger partial charge in [0.05, 0.1) is 0 Å². The van der Waals surface area contributed by atoms with Gasteiger partial charge < -0.3 is 0 Å². The van der Waals surface area contributed by atoms with Gasteiger partial charge in [-0.25, -0.2) is 0 Å². The average Bonchev–Trinajstić information content (AvgIpc) is 2.26. The van der Waals surface area contributed by atoms with Crippen LogP contribution in [-0.4, -0.2) is 10.8 Å². The summed E-state index contributed by atoms with van der Waals surface area (Å²) in [5, 5.41) is 0. The van der Waals surface area contributed by atoms with Crippen LogP contribution in [0.4, 0.5) is 0 Å².